The van der Waals surface area contributed by atoms with Crippen LogP contribution in [0.5, 0.6) is 0 Å². The quantitative estimate of drug-likeness (QED) is 0.457. The van der Waals surface area contributed by atoms with Crippen LogP contribution in [0.3, 0.4) is 0 Å². The molecule has 0 amide bonds. The summed E-state index contributed by atoms with van der Waals surface area (Å²) in [6.45, 7) is 0.296. The number of rotatable bonds is 6. The molecule has 0 spiro atoms. The molecular weight excluding hydrogens is 424 g/mol. The number of halogens is 5. The van der Waals surface area contributed by atoms with E-state index in [1.807, 2.05) is 0 Å². The molecule has 9 heteroatoms. The van der Waals surface area contributed by atoms with Crippen molar-refractivity contribution >= 4 is 26.0 Å². The Morgan fingerprint density at radius 2 is 1.92 bits per heavy atom. The first-order valence-corrected chi connectivity index (χ1v) is 11.1. The Labute approximate surface area is 153 Å². The van der Waals surface area contributed by atoms with Gasteiger partial charge in [-0.15, -0.1) is 0 Å². The fourth-order valence-electron chi connectivity index (χ4n) is 2.01. The third-order valence-corrected chi connectivity index (χ3v) is 5.19. The molecule has 1 heterocycles. The maximum atomic E-state index is 14.2. The van der Waals surface area contributed by atoms with Crippen molar-refractivity contribution < 1.29 is 22.3 Å². The van der Waals surface area contributed by atoms with Crippen molar-refractivity contribution in [3.05, 3.63) is 40.4 Å². The molecular formula is C16H19BrF4N2OS. The Bertz CT molecular complexity index is 741. The van der Waals surface area contributed by atoms with Crippen LogP contribution in [0, 0.1) is 5.82 Å². The van der Waals surface area contributed by atoms with Gasteiger partial charge < -0.3 is 9.30 Å². The van der Waals surface area contributed by atoms with E-state index in [1.54, 1.807) is 6.07 Å². The van der Waals surface area contributed by atoms with Crippen molar-refractivity contribution in [1.29, 1.82) is 0 Å². The van der Waals surface area contributed by atoms with Gasteiger partial charge in [0.25, 0.3) is 0 Å². The molecule has 1 aromatic heterocycles. The van der Waals surface area contributed by atoms with Crippen LogP contribution in [0.1, 0.15) is 5.69 Å². The van der Waals surface area contributed by atoms with Crippen LogP contribution in [0.15, 0.2) is 28.9 Å². The smallest absolute Gasteiger partial charge is 0.360 e. The number of alkyl halides is 3. The van der Waals surface area contributed by atoms with Crippen LogP contribution >= 0.6 is 26.0 Å². The minimum atomic E-state index is -4.61. The highest BCUT2D eigenvalue weighted by Crippen LogP contribution is 2.34. The van der Waals surface area contributed by atoms with E-state index in [9.17, 15) is 17.6 Å². The summed E-state index contributed by atoms with van der Waals surface area (Å²) in [6, 6.07) is 4.12. The average molecular weight is 443 g/mol. The van der Waals surface area contributed by atoms with Crippen LogP contribution in [0.2, 0.25) is 0 Å². The van der Waals surface area contributed by atoms with E-state index in [-0.39, 0.29) is 18.1 Å². The minimum Gasteiger partial charge on any atom is -0.360 e. The van der Waals surface area contributed by atoms with E-state index < -0.39 is 27.7 Å². The lowest BCUT2D eigenvalue weighted by Gasteiger charge is -2.24. The lowest BCUT2D eigenvalue weighted by molar-refractivity contribution is -0.141. The highest BCUT2D eigenvalue weighted by atomic mass is 79.9. The molecule has 3 nitrogen and oxygen atoms in total. The Kier molecular flexibility index (Phi) is 6.22. The minimum absolute atomic E-state index is 0.0104. The van der Waals surface area contributed by atoms with Crippen molar-refractivity contribution in [1.82, 2.24) is 9.55 Å². The summed E-state index contributed by atoms with van der Waals surface area (Å²) < 4.78 is 60.3. The van der Waals surface area contributed by atoms with Crippen LogP contribution in [-0.4, -0.2) is 40.7 Å². The Hall–Kier alpha value is -1.06. The largest absolute Gasteiger partial charge is 0.434 e. The maximum absolute atomic E-state index is 14.2. The molecule has 0 atom stereocenters. The molecule has 2 rings (SSSR count). The second kappa shape index (κ2) is 7.67. The maximum Gasteiger partial charge on any atom is 0.434 e. The number of benzene rings is 1. The summed E-state index contributed by atoms with van der Waals surface area (Å²) in [5, 5.41) is 0. The summed E-state index contributed by atoms with van der Waals surface area (Å²) in [5.74, 6) is 0.0602. The number of ether oxygens (including phenoxy) is 1. The van der Waals surface area contributed by atoms with E-state index in [0.29, 0.717) is 11.1 Å². The van der Waals surface area contributed by atoms with Gasteiger partial charge in [-0.25, -0.2) is 19.4 Å². The van der Waals surface area contributed by atoms with Gasteiger partial charge in [-0.2, -0.15) is 13.2 Å². The van der Waals surface area contributed by atoms with Gasteiger partial charge in [0, 0.05) is 16.4 Å². The van der Waals surface area contributed by atoms with Crippen LogP contribution in [0.4, 0.5) is 17.6 Å². The zero-order chi connectivity index (χ0) is 18.8. The molecule has 0 bridgehead atoms. The Balaban J connectivity index is 2.29. The number of nitrogens with zero attached hydrogens (tertiary/aromatic N) is 2. The van der Waals surface area contributed by atoms with Gasteiger partial charge in [0.1, 0.15) is 18.4 Å². The lowest BCUT2D eigenvalue weighted by Crippen LogP contribution is -2.10. The normalized spacial score (nSPS) is 13.3. The number of aromatic nitrogens is 2. The van der Waals surface area contributed by atoms with Gasteiger partial charge in [0.15, 0.2) is 5.69 Å². The molecule has 0 radical (unpaired) electrons. The predicted octanol–water partition coefficient (Wildman–Crippen LogP) is 5.14. The van der Waals surface area contributed by atoms with Gasteiger partial charge in [-0.05, 0) is 37.0 Å². The molecule has 0 unspecified atom stereocenters. The highest BCUT2D eigenvalue weighted by Gasteiger charge is 2.35. The van der Waals surface area contributed by atoms with Crippen molar-refractivity contribution in [2.75, 3.05) is 31.1 Å². The molecule has 0 aliphatic heterocycles. The third kappa shape index (κ3) is 5.72. The summed E-state index contributed by atoms with van der Waals surface area (Å²) in [5.41, 5.74) is -1.08. The topological polar surface area (TPSA) is 27.1 Å². The van der Waals surface area contributed by atoms with Crippen LogP contribution in [0.25, 0.3) is 11.4 Å². The van der Waals surface area contributed by atoms with Gasteiger partial charge in [0.05, 0.1) is 12.2 Å². The summed E-state index contributed by atoms with van der Waals surface area (Å²) in [4.78, 5) is 3.58. The molecule has 0 aliphatic rings. The summed E-state index contributed by atoms with van der Waals surface area (Å²) in [7, 11) is -0.765. The van der Waals surface area contributed by atoms with Crippen molar-refractivity contribution in [3.8, 4) is 11.4 Å². The molecule has 1 aromatic carbocycles. The molecule has 140 valence electrons. The fourth-order valence-corrected chi connectivity index (χ4v) is 2.96. The molecule has 0 fully saturated rings. The second-order valence-corrected chi connectivity index (χ2v) is 11.9. The van der Waals surface area contributed by atoms with Gasteiger partial charge in [-0.1, -0.05) is 15.9 Å². The van der Waals surface area contributed by atoms with E-state index in [2.05, 4.69) is 39.7 Å². The van der Waals surface area contributed by atoms with Crippen molar-refractivity contribution in [3.63, 3.8) is 0 Å². The first-order valence-electron chi connectivity index (χ1n) is 7.31. The fraction of sp³-hybridized carbons (Fsp3) is 0.438. The average Bonchev–Trinajstić information content (AvgIpc) is 2.86. The molecule has 0 aliphatic carbocycles. The standard InChI is InChI=1S/C16H19BrF4N2OS/c1-25(2,3)7-6-24-10-23-9-14(16(19,20)21)22-15(23)12-5-4-11(17)8-13(12)18/h4-5,8-9H,6-7,10H2,1-3H3. The third-order valence-electron chi connectivity index (χ3n) is 3.31. The molecule has 2 aromatic rings. The van der Waals surface area contributed by atoms with Crippen molar-refractivity contribution in [2.45, 2.75) is 12.9 Å². The Morgan fingerprint density at radius 1 is 1.24 bits per heavy atom. The van der Waals surface area contributed by atoms with Gasteiger partial charge in [-0.3, -0.25) is 0 Å². The van der Waals surface area contributed by atoms with E-state index >= 15 is 0 Å². The van der Waals surface area contributed by atoms with Crippen LogP contribution in [-0.2, 0) is 17.6 Å². The van der Waals surface area contributed by atoms with Gasteiger partial charge in [0.2, 0.25) is 0 Å². The molecule has 0 N–H and O–H groups in total. The Morgan fingerprint density at radius 3 is 2.48 bits per heavy atom. The highest BCUT2D eigenvalue weighted by molar-refractivity contribution is 9.10. The molecule has 0 saturated carbocycles. The number of hydrogen-bond acceptors (Lipinski definition) is 2. The SMILES string of the molecule is CS(C)(C)CCOCn1cc(C(F)(F)F)nc1-c1ccc(Br)cc1F. The number of hydrogen-bond donors (Lipinski definition) is 0. The van der Waals surface area contributed by atoms with E-state index in [1.165, 1.54) is 16.7 Å². The number of imidazole rings is 1. The van der Waals surface area contributed by atoms with Crippen LogP contribution < -0.4 is 0 Å². The van der Waals surface area contributed by atoms with Gasteiger partial charge >= 0.3 is 6.18 Å². The zero-order valence-electron chi connectivity index (χ0n) is 14.0. The van der Waals surface area contributed by atoms with Crippen molar-refractivity contribution in [2.24, 2.45) is 0 Å². The van der Waals surface area contributed by atoms with E-state index in [4.69, 9.17) is 4.74 Å². The first kappa shape index (κ1) is 20.3. The first-order chi connectivity index (χ1) is 11.5. The summed E-state index contributed by atoms with van der Waals surface area (Å²) in [6.07, 6.45) is 2.61. The summed E-state index contributed by atoms with van der Waals surface area (Å²) >= 11 is 3.12. The zero-order valence-corrected chi connectivity index (χ0v) is 16.4. The second-order valence-electron chi connectivity index (χ2n) is 6.37. The molecule has 25 heavy (non-hydrogen) atoms. The molecule has 0 saturated heterocycles. The predicted molar refractivity (Wildman–Crippen MR) is 96.5 cm³/mol. The monoisotopic (exact) mass is 442 g/mol. The van der Waals surface area contributed by atoms with E-state index in [0.717, 1.165) is 11.9 Å². The lowest BCUT2D eigenvalue weighted by atomic mass is 10.2.